The highest BCUT2D eigenvalue weighted by atomic mass is 19.4. The summed E-state index contributed by atoms with van der Waals surface area (Å²) in [5.41, 5.74) is 1.46. The minimum absolute atomic E-state index is 0.341. The Morgan fingerprint density at radius 3 is 2.50 bits per heavy atom. The van der Waals surface area contributed by atoms with E-state index in [2.05, 4.69) is 25.5 Å². The Balaban J connectivity index is 1.59. The zero-order chi connectivity index (χ0) is 18.4. The van der Waals surface area contributed by atoms with Crippen LogP contribution < -0.4 is 5.32 Å². The number of alkyl halides is 3. The van der Waals surface area contributed by atoms with Crippen LogP contribution in [0, 0.1) is 0 Å². The normalized spacial score (nSPS) is 11.3. The second-order valence-corrected chi connectivity index (χ2v) is 5.63. The Hall–Kier alpha value is -3.03. The second-order valence-electron chi connectivity index (χ2n) is 5.63. The number of pyridine rings is 1. The molecular weight excluding hydrogens is 343 g/mol. The van der Waals surface area contributed by atoms with Crippen LogP contribution in [-0.4, -0.2) is 26.7 Å². The van der Waals surface area contributed by atoms with E-state index in [1.165, 1.54) is 18.3 Å². The molecule has 0 fully saturated rings. The van der Waals surface area contributed by atoms with Crippen molar-refractivity contribution in [2.45, 2.75) is 19.0 Å². The van der Waals surface area contributed by atoms with Gasteiger partial charge in [-0.2, -0.15) is 18.3 Å². The molecule has 0 bridgehead atoms. The lowest BCUT2D eigenvalue weighted by Gasteiger charge is -2.08. The van der Waals surface area contributed by atoms with E-state index in [0.717, 1.165) is 30.5 Å². The smallest absolute Gasteiger partial charge is 0.353 e. The summed E-state index contributed by atoms with van der Waals surface area (Å²) >= 11 is 0. The maximum absolute atomic E-state index is 12.6. The molecule has 2 heterocycles. The third-order valence-electron chi connectivity index (χ3n) is 3.71. The molecule has 3 rings (SSSR count). The van der Waals surface area contributed by atoms with Gasteiger partial charge in [0.25, 0.3) is 0 Å². The molecule has 134 valence electrons. The van der Waals surface area contributed by atoms with Gasteiger partial charge in [0.05, 0.1) is 17.5 Å². The first-order chi connectivity index (χ1) is 12.5. The van der Waals surface area contributed by atoms with Gasteiger partial charge in [0.2, 0.25) is 5.95 Å². The lowest BCUT2D eigenvalue weighted by atomic mass is 10.1. The summed E-state index contributed by atoms with van der Waals surface area (Å²) < 4.78 is 37.9. The predicted octanol–water partition coefficient (Wildman–Crippen LogP) is 4.00. The van der Waals surface area contributed by atoms with Gasteiger partial charge < -0.3 is 5.32 Å². The van der Waals surface area contributed by atoms with E-state index in [9.17, 15) is 13.2 Å². The Morgan fingerprint density at radius 1 is 1.00 bits per heavy atom. The number of anilines is 1. The maximum atomic E-state index is 12.6. The molecule has 0 aliphatic carbocycles. The number of aromatic nitrogens is 4. The highest BCUT2D eigenvalue weighted by Crippen LogP contribution is 2.30. The number of benzene rings is 1. The summed E-state index contributed by atoms with van der Waals surface area (Å²) in [5.74, 6) is 0.341. The molecule has 0 amide bonds. The Labute approximate surface area is 148 Å². The summed E-state index contributed by atoms with van der Waals surface area (Å²) in [6.07, 6.45) is 2.34. The molecule has 0 saturated heterocycles. The third kappa shape index (κ3) is 4.75. The van der Waals surface area contributed by atoms with Crippen LogP contribution in [0.4, 0.5) is 19.1 Å². The largest absolute Gasteiger partial charge is 0.416 e. The number of nitrogens with zero attached hydrogens (tertiary/aromatic N) is 4. The Morgan fingerprint density at radius 2 is 1.81 bits per heavy atom. The molecule has 5 nitrogen and oxygen atoms in total. The number of hydrogen-bond acceptors (Lipinski definition) is 5. The number of nitrogens with one attached hydrogen (secondary N) is 1. The first kappa shape index (κ1) is 17.8. The van der Waals surface area contributed by atoms with Gasteiger partial charge >= 0.3 is 6.18 Å². The standard InChI is InChI=1S/C18H16F3N5/c19-18(20,21)15-7-5-14(6-8-15)16-12-24-26-17(25-16)23-10-2-4-13-3-1-9-22-11-13/h1,3,5-9,11-12H,2,4,10H2,(H,23,25,26). The van der Waals surface area contributed by atoms with E-state index in [-0.39, 0.29) is 0 Å². The van der Waals surface area contributed by atoms with Crippen LogP contribution in [0.1, 0.15) is 17.5 Å². The number of rotatable bonds is 6. The van der Waals surface area contributed by atoms with Crippen molar-refractivity contribution in [3.8, 4) is 11.3 Å². The molecule has 26 heavy (non-hydrogen) atoms. The molecule has 0 aliphatic rings. The van der Waals surface area contributed by atoms with Crippen molar-refractivity contribution in [1.29, 1.82) is 0 Å². The van der Waals surface area contributed by atoms with E-state index >= 15 is 0 Å². The van der Waals surface area contributed by atoms with Crippen LogP contribution in [-0.2, 0) is 12.6 Å². The molecule has 0 radical (unpaired) electrons. The molecular formula is C18H16F3N5. The second kappa shape index (κ2) is 7.90. The maximum Gasteiger partial charge on any atom is 0.416 e. The van der Waals surface area contributed by atoms with Crippen LogP contribution in [0.25, 0.3) is 11.3 Å². The van der Waals surface area contributed by atoms with E-state index in [4.69, 9.17) is 0 Å². The number of aryl methyl sites for hydroxylation is 1. The predicted molar refractivity (Wildman–Crippen MR) is 91.3 cm³/mol. The van der Waals surface area contributed by atoms with Gasteiger partial charge in [0.15, 0.2) is 0 Å². The SMILES string of the molecule is FC(F)(F)c1ccc(-c2cnnc(NCCCc3cccnc3)n2)cc1. The van der Waals surface area contributed by atoms with Gasteiger partial charge in [-0.3, -0.25) is 4.98 Å². The highest BCUT2D eigenvalue weighted by Gasteiger charge is 2.30. The molecule has 1 aromatic carbocycles. The van der Waals surface area contributed by atoms with E-state index < -0.39 is 11.7 Å². The fraction of sp³-hybridized carbons (Fsp3) is 0.222. The Bertz CT molecular complexity index is 835. The van der Waals surface area contributed by atoms with Crippen LogP contribution >= 0.6 is 0 Å². The topological polar surface area (TPSA) is 63.6 Å². The fourth-order valence-corrected chi connectivity index (χ4v) is 2.39. The minimum Gasteiger partial charge on any atom is -0.353 e. The van der Waals surface area contributed by atoms with Gasteiger partial charge in [0.1, 0.15) is 0 Å². The zero-order valence-electron chi connectivity index (χ0n) is 13.7. The van der Waals surface area contributed by atoms with Crippen LogP contribution in [0.3, 0.4) is 0 Å². The van der Waals surface area contributed by atoms with Crippen LogP contribution in [0.2, 0.25) is 0 Å². The number of halogens is 3. The molecule has 0 saturated carbocycles. The minimum atomic E-state index is -4.36. The Kier molecular flexibility index (Phi) is 5.40. The molecule has 1 N–H and O–H groups in total. The fourth-order valence-electron chi connectivity index (χ4n) is 2.39. The van der Waals surface area contributed by atoms with E-state index in [1.807, 2.05) is 18.3 Å². The van der Waals surface area contributed by atoms with E-state index in [1.54, 1.807) is 6.20 Å². The van der Waals surface area contributed by atoms with Gasteiger partial charge in [-0.25, -0.2) is 4.98 Å². The average Bonchev–Trinajstić information content (AvgIpc) is 2.66. The molecule has 0 aliphatic heterocycles. The molecule has 2 aromatic heterocycles. The molecule has 0 spiro atoms. The lowest BCUT2D eigenvalue weighted by Crippen LogP contribution is -2.08. The first-order valence-corrected chi connectivity index (χ1v) is 8.02. The summed E-state index contributed by atoms with van der Waals surface area (Å²) in [4.78, 5) is 8.36. The summed E-state index contributed by atoms with van der Waals surface area (Å²) in [7, 11) is 0. The molecule has 3 aromatic rings. The van der Waals surface area contributed by atoms with Crippen molar-refractivity contribution in [2.75, 3.05) is 11.9 Å². The summed E-state index contributed by atoms with van der Waals surface area (Å²) in [6.45, 7) is 0.646. The van der Waals surface area contributed by atoms with Crippen LogP contribution in [0.5, 0.6) is 0 Å². The summed E-state index contributed by atoms with van der Waals surface area (Å²) in [6, 6.07) is 8.70. The zero-order valence-corrected chi connectivity index (χ0v) is 13.7. The molecule has 0 unspecified atom stereocenters. The van der Waals surface area contributed by atoms with Crippen molar-refractivity contribution in [1.82, 2.24) is 20.2 Å². The third-order valence-corrected chi connectivity index (χ3v) is 3.71. The van der Waals surface area contributed by atoms with Crippen molar-refractivity contribution >= 4 is 5.95 Å². The molecule has 0 atom stereocenters. The van der Waals surface area contributed by atoms with Gasteiger partial charge in [0, 0.05) is 24.5 Å². The highest BCUT2D eigenvalue weighted by molar-refractivity contribution is 5.59. The van der Waals surface area contributed by atoms with Crippen molar-refractivity contribution in [2.24, 2.45) is 0 Å². The monoisotopic (exact) mass is 359 g/mol. The van der Waals surface area contributed by atoms with Gasteiger partial charge in [-0.05, 0) is 36.6 Å². The van der Waals surface area contributed by atoms with E-state index in [0.29, 0.717) is 23.8 Å². The van der Waals surface area contributed by atoms with Gasteiger partial charge in [-0.15, -0.1) is 5.10 Å². The quantitative estimate of drug-likeness (QED) is 0.674. The average molecular weight is 359 g/mol. The molecule has 8 heteroatoms. The first-order valence-electron chi connectivity index (χ1n) is 8.02. The van der Waals surface area contributed by atoms with Crippen molar-refractivity contribution in [3.63, 3.8) is 0 Å². The van der Waals surface area contributed by atoms with Crippen molar-refractivity contribution in [3.05, 3.63) is 66.1 Å². The lowest BCUT2D eigenvalue weighted by molar-refractivity contribution is -0.137. The van der Waals surface area contributed by atoms with Crippen molar-refractivity contribution < 1.29 is 13.2 Å². The van der Waals surface area contributed by atoms with Gasteiger partial charge in [-0.1, -0.05) is 18.2 Å². The van der Waals surface area contributed by atoms with Crippen LogP contribution in [0.15, 0.2) is 55.0 Å². The number of hydrogen-bond donors (Lipinski definition) is 1. The summed E-state index contributed by atoms with van der Waals surface area (Å²) in [5, 5.41) is 10.8.